The van der Waals surface area contributed by atoms with Gasteiger partial charge in [-0.15, -0.1) is 0 Å². The van der Waals surface area contributed by atoms with Crippen LogP contribution in [0.1, 0.15) is 41.6 Å². The minimum atomic E-state index is -0.467. The summed E-state index contributed by atoms with van der Waals surface area (Å²) in [7, 11) is 0. The Morgan fingerprint density at radius 3 is 2.57 bits per heavy atom. The van der Waals surface area contributed by atoms with E-state index in [4.69, 9.17) is 5.11 Å². The number of aliphatic hydroxyl groups excluding tert-OH is 1. The molecule has 6 nitrogen and oxygen atoms in total. The van der Waals surface area contributed by atoms with E-state index >= 15 is 0 Å². The quantitative estimate of drug-likeness (QED) is 0.657. The number of nitro benzene ring substituents is 1. The van der Waals surface area contributed by atoms with Crippen LogP contribution in [0, 0.1) is 23.0 Å². The van der Waals surface area contributed by atoms with E-state index in [1.807, 2.05) is 0 Å². The van der Waals surface area contributed by atoms with Gasteiger partial charge in [0.25, 0.3) is 11.6 Å². The van der Waals surface area contributed by atoms with Crippen LogP contribution in [-0.2, 0) is 0 Å². The lowest BCUT2D eigenvalue weighted by molar-refractivity contribution is -0.384. The summed E-state index contributed by atoms with van der Waals surface area (Å²) < 4.78 is 0. The van der Waals surface area contributed by atoms with Gasteiger partial charge in [-0.3, -0.25) is 14.9 Å². The lowest BCUT2D eigenvalue weighted by Gasteiger charge is -2.28. The van der Waals surface area contributed by atoms with Crippen molar-refractivity contribution in [2.75, 3.05) is 6.61 Å². The Balaban J connectivity index is 1.99. The van der Waals surface area contributed by atoms with Gasteiger partial charge in [0.15, 0.2) is 0 Å². The molecule has 0 aliphatic heterocycles. The molecule has 1 aliphatic carbocycles. The number of nitro groups is 1. The minimum Gasteiger partial charge on any atom is -0.396 e. The third kappa shape index (κ3) is 3.78. The molecule has 0 saturated heterocycles. The molecule has 2 rings (SSSR count). The van der Waals surface area contributed by atoms with Crippen molar-refractivity contribution in [2.45, 2.75) is 38.6 Å². The summed E-state index contributed by atoms with van der Waals surface area (Å²) in [6.45, 7) is 1.91. The third-order valence-corrected chi connectivity index (χ3v) is 4.11. The van der Waals surface area contributed by atoms with E-state index in [-0.39, 0.29) is 24.2 Å². The molecule has 1 fully saturated rings. The van der Waals surface area contributed by atoms with Gasteiger partial charge in [0.1, 0.15) is 0 Å². The maximum atomic E-state index is 12.2. The highest BCUT2D eigenvalue weighted by molar-refractivity contribution is 5.96. The van der Waals surface area contributed by atoms with Crippen molar-refractivity contribution in [2.24, 2.45) is 5.92 Å². The number of carbonyl (C=O) groups is 1. The largest absolute Gasteiger partial charge is 0.396 e. The maximum absolute atomic E-state index is 12.2. The molecule has 2 N–H and O–H groups in total. The van der Waals surface area contributed by atoms with Crippen molar-refractivity contribution in [3.05, 3.63) is 39.4 Å². The minimum absolute atomic E-state index is 0.00694. The Hall–Kier alpha value is -1.95. The highest BCUT2D eigenvalue weighted by atomic mass is 16.6. The van der Waals surface area contributed by atoms with Crippen LogP contribution >= 0.6 is 0 Å². The molecule has 1 aromatic carbocycles. The van der Waals surface area contributed by atoms with Gasteiger partial charge >= 0.3 is 0 Å². The summed E-state index contributed by atoms with van der Waals surface area (Å²) in [4.78, 5) is 22.5. The predicted octanol–water partition coefficient (Wildman–Crippen LogP) is 2.18. The molecule has 114 valence electrons. The molecule has 1 saturated carbocycles. The van der Waals surface area contributed by atoms with Gasteiger partial charge in [-0.25, -0.2) is 0 Å². The second-order valence-electron chi connectivity index (χ2n) is 5.63. The molecule has 6 heteroatoms. The summed E-state index contributed by atoms with van der Waals surface area (Å²) in [6, 6.07) is 4.39. The number of non-ortho nitro benzene ring substituents is 1. The molecule has 0 aromatic heterocycles. The van der Waals surface area contributed by atoms with E-state index in [9.17, 15) is 14.9 Å². The number of nitrogens with zero attached hydrogens (tertiary/aromatic N) is 1. The first kappa shape index (κ1) is 15.4. The van der Waals surface area contributed by atoms with E-state index in [2.05, 4.69) is 5.32 Å². The maximum Gasteiger partial charge on any atom is 0.269 e. The summed E-state index contributed by atoms with van der Waals surface area (Å²) in [5.41, 5.74) is 1.07. The predicted molar refractivity (Wildman–Crippen MR) is 78.1 cm³/mol. The number of hydrogen-bond acceptors (Lipinski definition) is 4. The molecule has 21 heavy (non-hydrogen) atoms. The highest BCUT2D eigenvalue weighted by Gasteiger charge is 2.23. The fourth-order valence-corrected chi connectivity index (χ4v) is 2.77. The number of rotatable bonds is 4. The van der Waals surface area contributed by atoms with Crippen LogP contribution in [-0.4, -0.2) is 28.6 Å². The second kappa shape index (κ2) is 6.67. The summed E-state index contributed by atoms with van der Waals surface area (Å²) in [6.07, 6.45) is 3.56. The molecule has 0 unspecified atom stereocenters. The zero-order valence-electron chi connectivity index (χ0n) is 12.0. The zero-order valence-corrected chi connectivity index (χ0v) is 12.0. The Morgan fingerprint density at radius 1 is 1.38 bits per heavy atom. The van der Waals surface area contributed by atoms with E-state index in [0.29, 0.717) is 17.0 Å². The number of benzene rings is 1. The second-order valence-corrected chi connectivity index (χ2v) is 5.63. The molecule has 0 heterocycles. The van der Waals surface area contributed by atoms with E-state index in [1.54, 1.807) is 6.92 Å². The zero-order chi connectivity index (χ0) is 15.4. The van der Waals surface area contributed by atoms with Crippen LogP contribution in [0.15, 0.2) is 18.2 Å². The SMILES string of the molecule is Cc1cc([N+](=O)[O-])ccc1C(=O)NC1CCC(CO)CC1. The van der Waals surface area contributed by atoms with Gasteiger partial charge in [-0.2, -0.15) is 0 Å². The molecule has 0 spiro atoms. The molecular weight excluding hydrogens is 272 g/mol. The van der Waals surface area contributed by atoms with Gasteiger partial charge in [0.05, 0.1) is 4.92 Å². The highest BCUT2D eigenvalue weighted by Crippen LogP contribution is 2.24. The monoisotopic (exact) mass is 292 g/mol. The van der Waals surface area contributed by atoms with E-state index in [1.165, 1.54) is 18.2 Å². The number of carbonyl (C=O) groups excluding carboxylic acids is 1. The van der Waals surface area contributed by atoms with Crippen molar-refractivity contribution < 1.29 is 14.8 Å². The van der Waals surface area contributed by atoms with Crippen LogP contribution in [0.4, 0.5) is 5.69 Å². The average Bonchev–Trinajstić information content (AvgIpc) is 2.47. The topological polar surface area (TPSA) is 92.5 Å². The summed E-state index contributed by atoms with van der Waals surface area (Å²) in [5, 5.41) is 22.8. The standard InChI is InChI=1S/C15H20N2O4/c1-10-8-13(17(20)21)6-7-14(10)15(19)16-12-4-2-11(9-18)3-5-12/h6-8,11-12,18H,2-5,9H2,1H3,(H,16,19). The Morgan fingerprint density at radius 2 is 2.05 bits per heavy atom. The van der Waals surface area contributed by atoms with Crippen molar-refractivity contribution in [1.82, 2.24) is 5.32 Å². The van der Waals surface area contributed by atoms with Crippen molar-refractivity contribution >= 4 is 11.6 Å². The molecule has 0 radical (unpaired) electrons. The number of amides is 1. The van der Waals surface area contributed by atoms with Crippen molar-refractivity contribution in [3.63, 3.8) is 0 Å². The fourth-order valence-electron chi connectivity index (χ4n) is 2.77. The lowest BCUT2D eigenvalue weighted by Crippen LogP contribution is -2.38. The molecule has 0 bridgehead atoms. The number of hydrogen-bond donors (Lipinski definition) is 2. The van der Waals surface area contributed by atoms with Gasteiger partial charge in [-0.1, -0.05) is 0 Å². The van der Waals surface area contributed by atoms with Crippen LogP contribution in [0.2, 0.25) is 0 Å². The smallest absolute Gasteiger partial charge is 0.269 e. The van der Waals surface area contributed by atoms with Gasteiger partial charge in [0.2, 0.25) is 0 Å². The molecule has 1 aromatic rings. The summed E-state index contributed by atoms with van der Waals surface area (Å²) >= 11 is 0. The van der Waals surface area contributed by atoms with Crippen LogP contribution in [0.5, 0.6) is 0 Å². The van der Waals surface area contributed by atoms with Crippen LogP contribution in [0.3, 0.4) is 0 Å². The lowest BCUT2D eigenvalue weighted by atomic mass is 9.86. The first-order valence-electron chi connectivity index (χ1n) is 7.18. The van der Waals surface area contributed by atoms with Crippen LogP contribution < -0.4 is 5.32 Å². The molecule has 1 amide bonds. The fraction of sp³-hybridized carbons (Fsp3) is 0.533. The van der Waals surface area contributed by atoms with Gasteiger partial charge in [0, 0.05) is 30.3 Å². The number of nitrogens with one attached hydrogen (secondary N) is 1. The third-order valence-electron chi connectivity index (χ3n) is 4.11. The van der Waals surface area contributed by atoms with Gasteiger partial charge < -0.3 is 10.4 Å². The molecule has 0 atom stereocenters. The van der Waals surface area contributed by atoms with Crippen molar-refractivity contribution in [1.29, 1.82) is 0 Å². The Labute approximate surface area is 123 Å². The van der Waals surface area contributed by atoms with Crippen LogP contribution in [0.25, 0.3) is 0 Å². The number of aryl methyl sites for hydroxylation is 1. The number of aliphatic hydroxyl groups is 1. The van der Waals surface area contributed by atoms with E-state index in [0.717, 1.165) is 25.7 Å². The van der Waals surface area contributed by atoms with Crippen molar-refractivity contribution in [3.8, 4) is 0 Å². The average molecular weight is 292 g/mol. The first-order chi connectivity index (χ1) is 10.0. The first-order valence-corrected chi connectivity index (χ1v) is 7.18. The normalized spacial score (nSPS) is 21.8. The van der Waals surface area contributed by atoms with Gasteiger partial charge in [-0.05, 0) is 50.2 Å². The Bertz CT molecular complexity index is 536. The Kier molecular flexibility index (Phi) is 4.90. The van der Waals surface area contributed by atoms with E-state index < -0.39 is 4.92 Å². The summed E-state index contributed by atoms with van der Waals surface area (Å²) in [5.74, 6) is 0.161. The molecule has 1 aliphatic rings. The molecular formula is C15H20N2O4.